The van der Waals surface area contributed by atoms with Gasteiger partial charge in [0.1, 0.15) is 11.6 Å². The molecule has 2 aromatic carbocycles. The SMILES string of the molecule is Fc1ccccc1N1CCN(c2nc(NCc3cccs3)c3ccccc3n2)CC1. The first-order chi connectivity index (χ1) is 14.8. The van der Waals surface area contributed by atoms with Crippen LogP contribution in [0.15, 0.2) is 66.0 Å². The molecule has 0 bridgehead atoms. The van der Waals surface area contributed by atoms with E-state index in [1.165, 1.54) is 10.9 Å². The molecule has 0 amide bonds. The number of piperazine rings is 1. The lowest BCUT2D eigenvalue weighted by Gasteiger charge is -2.36. The van der Waals surface area contributed by atoms with Crippen LogP contribution in [0.3, 0.4) is 0 Å². The standard InChI is InChI=1S/C23H22FN5S/c24-19-8-2-4-10-21(19)28-11-13-29(14-12-28)23-26-20-9-3-1-7-18(20)22(27-23)25-16-17-6-5-15-30-17/h1-10,15H,11-14,16H2,(H,25,26,27). The summed E-state index contributed by atoms with van der Waals surface area (Å²) in [5, 5.41) is 6.58. The summed E-state index contributed by atoms with van der Waals surface area (Å²) in [4.78, 5) is 15.2. The zero-order valence-electron chi connectivity index (χ0n) is 16.5. The Labute approximate surface area is 178 Å². The molecule has 5 rings (SSSR count). The highest BCUT2D eigenvalue weighted by Gasteiger charge is 2.22. The van der Waals surface area contributed by atoms with E-state index in [4.69, 9.17) is 9.97 Å². The molecule has 7 heteroatoms. The number of nitrogens with one attached hydrogen (secondary N) is 1. The van der Waals surface area contributed by atoms with Crippen molar-refractivity contribution in [2.24, 2.45) is 0 Å². The largest absolute Gasteiger partial charge is 0.366 e. The lowest BCUT2D eigenvalue weighted by Crippen LogP contribution is -2.47. The molecular weight excluding hydrogens is 397 g/mol. The second-order valence-electron chi connectivity index (χ2n) is 7.25. The van der Waals surface area contributed by atoms with Crippen LogP contribution in [0.1, 0.15) is 4.88 Å². The van der Waals surface area contributed by atoms with Crippen LogP contribution in [0.2, 0.25) is 0 Å². The summed E-state index contributed by atoms with van der Waals surface area (Å²) in [6.07, 6.45) is 0. The van der Waals surface area contributed by atoms with Crippen LogP contribution in [0, 0.1) is 5.82 Å². The van der Waals surface area contributed by atoms with E-state index in [1.54, 1.807) is 17.4 Å². The third-order valence-corrected chi connectivity index (χ3v) is 6.23. The maximum atomic E-state index is 14.1. The molecular formula is C23H22FN5S. The quantitative estimate of drug-likeness (QED) is 0.505. The Kier molecular flexibility index (Phi) is 5.19. The molecule has 3 heterocycles. The van der Waals surface area contributed by atoms with E-state index in [0.717, 1.165) is 55.4 Å². The fraction of sp³-hybridized carbons (Fsp3) is 0.217. The fourth-order valence-corrected chi connectivity index (χ4v) is 4.42. The van der Waals surface area contributed by atoms with Crippen LogP contribution in [-0.4, -0.2) is 36.1 Å². The zero-order valence-corrected chi connectivity index (χ0v) is 17.3. The predicted octanol–water partition coefficient (Wildman–Crippen LogP) is 4.77. The number of benzene rings is 2. The number of thiophene rings is 1. The number of aromatic nitrogens is 2. The zero-order chi connectivity index (χ0) is 20.3. The molecule has 0 aliphatic carbocycles. The van der Waals surface area contributed by atoms with Crippen molar-refractivity contribution in [1.82, 2.24) is 9.97 Å². The van der Waals surface area contributed by atoms with Crippen molar-refractivity contribution >= 4 is 39.7 Å². The molecule has 2 aromatic heterocycles. The summed E-state index contributed by atoms with van der Waals surface area (Å²) in [7, 11) is 0. The molecule has 0 atom stereocenters. The van der Waals surface area contributed by atoms with E-state index in [1.807, 2.05) is 36.4 Å². The van der Waals surface area contributed by atoms with Crippen LogP contribution in [0.25, 0.3) is 10.9 Å². The van der Waals surface area contributed by atoms with E-state index < -0.39 is 0 Å². The van der Waals surface area contributed by atoms with Gasteiger partial charge < -0.3 is 15.1 Å². The molecule has 0 unspecified atom stereocenters. The summed E-state index contributed by atoms with van der Waals surface area (Å²) in [6, 6.07) is 19.2. The number of rotatable bonds is 5. The first-order valence-electron chi connectivity index (χ1n) is 10.1. The Morgan fingerprint density at radius 3 is 2.43 bits per heavy atom. The maximum absolute atomic E-state index is 14.1. The number of halogens is 1. The van der Waals surface area contributed by atoms with Crippen molar-refractivity contribution in [2.75, 3.05) is 41.3 Å². The average Bonchev–Trinajstić information content (AvgIpc) is 3.31. The lowest BCUT2D eigenvalue weighted by atomic mass is 10.2. The van der Waals surface area contributed by atoms with E-state index >= 15 is 0 Å². The number of hydrogen-bond donors (Lipinski definition) is 1. The van der Waals surface area contributed by atoms with Gasteiger partial charge in [-0.3, -0.25) is 0 Å². The lowest BCUT2D eigenvalue weighted by molar-refractivity contribution is 0.594. The average molecular weight is 420 g/mol. The minimum atomic E-state index is -0.173. The molecule has 30 heavy (non-hydrogen) atoms. The van der Waals surface area contributed by atoms with Gasteiger partial charge in [0.15, 0.2) is 0 Å². The van der Waals surface area contributed by atoms with E-state index in [9.17, 15) is 4.39 Å². The Hall–Kier alpha value is -3.19. The van der Waals surface area contributed by atoms with Crippen LogP contribution >= 0.6 is 11.3 Å². The second kappa shape index (κ2) is 8.28. The summed E-state index contributed by atoms with van der Waals surface area (Å²) < 4.78 is 14.1. The molecule has 1 N–H and O–H groups in total. The fourth-order valence-electron chi connectivity index (χ4n) is 3.78. The Bertz CT molecular complexity index is 1140. The van der Waals surface area contributed by atoms with E-state index in [2.05, 4.69) is 32.6 Å². The highest BCUT2D eigenvalue weighted by Crippen LogP contribution is 2.26. The van der Waals surface area contributed by atoms with Crippen molar-refractivity contribution in [1.29, 1.82) is 0 Å². The molecule has 1 fully saturated rings. The number of hydrogen-bond acceptors (Lipinski definition) is 6. The molecule has 1 aliphatic rings. The van der Waals surface area contributed by atoms with Gasteiger partial charge >= 0.3 is 0 Å². The highest BCUT2D eigenvalue weighted by molar-refractivity contribution is 7.09. The normalized spacial score (nSPS) is 14.3. The molecule has 5 nitrogen and oxygen atoms in total. The highest BCUT2D eigenvalue weighted by atomic mass is 32.1. The van der Waals surface area contributed by atoms with Gasteiger partial charge in [-0.25, -0.2) is 9.37 Å². The van der Waals surface area contributed by atoms with Crippen molar-refractivity contribution in [2.45, 2.75) is 6.54 Å². The first-order valence-corrected chi connectivity index (χ1v) is 10.9. The molecule has 4 aromatic rings. The number of anilines is 3. The van der Waals surface area contributed by atoms with Crippen LogP contribution in [0.5, 0.6) is 0 Å². The molecule has 0 spiro atoms. The Morgan fingerprint density at radius 1 is 0.867 bits per heavy atom. The van der Waals surface area contributed by atoms with Crippen molar-refractivity contribution < 1.29 is 4.39 Å². The molecule has 0 radical (unpaired) electrons. The molecule has 1 aliphatic heterocycles. The minimum absolute atomic E-state index is 0.173. The smallest absolute Gasteiger partial charge is 0.228 e. The van der Waals surface area contributed by atoms with Gasteiger partial charge in [0, 0.05) is 36.4 Å². The van der Waals surface area contributed by atoms with Crippen molar-refractivity contribution in [3.05, 3.63) is 76.7 Å². The molecule has 152 valence electrons. The maximum Gasteiger partial charge on any atom is 0.228 e. The summed E-state index contributed by atoms with van der Waals surface area (Å²) in [5.74, 6) is 1.39. The Balaban J connectivity index is 1.37. The van der Waals surface area contributed by atoms with Crippen LogP contribution in [-0.2, 0) is 6.54 Å². The number of nitrogens with zero attached hydrogens (tertiary/aromatic N) is 4. The summed E-state index contributed by atoms with van der Waals surface area (Å²) in [6.45, 7) is 3.69. The monoisotopic (exact) mass is 419 g/mol. The number of para-hydroxylation sites is 2. The minimum Gasteiger partial charge on any atom is -0.366 e. The van der Waals surface area contributed by atoms with Crippen molar-refractivity contribution in [3.63, 3.8) is 0 Å². The van der Waals surface area contributed by atoms with Gasteiger partial charge in [-0.05, 0) is 35.7 Å². The molecule has 0 saturated carbocycles. The van der Waals surface area contributed by atoms with E-state index in [-0.39, 0.29) is 5.82 Å². The summed E-state index contributed by atoms with van der Waals surface area (Å²) >= 11 is 1.73. The van der Waals surface area contributed by atoms with Gasteiger partial charge in [-0.15, -0.1) is 11.3 Å². The van der Waals surface area contributed by atoms with Crippen LogP contribution in [0.4, 0.5) is 21.8 Å². The topological polar surface area (TPSA) is 44.3 Å². The van der Waals surface area contributed by atoms with Crippen LogP contribution < -0.4 is 15.1 Å². The first kappa shape index (κ1) is 18.8. The van der Waals surface area contributed by atoms with Gasteiger partial charge in [0.25, 0.3) is 0 Å². The number of fused-ring (bicyclic) bond motifs is 1. The van der Waals surface area contributed by atoms with Gasteiger partial charge in [-0.1, -0.05) is 30.3 Å². The van der Waals surface area contributed by atoms with Gasteiger partial charge in [0.2, 0.25) is 5.95 Å². The predicted molar refractivity (Wildman–Crippen MR) is 122 cm³/mol. The Morgan fingerprint density at radius 2 is 1.63 bits per heavy atom. The summed E-state index contributed by atoms with van der Waals surface area (Å²) in [5.41, 5.74) is 1.59. The van der Waals surface area contributed by atoms with Crippen molar-refractivity contribution in [3.8, 4) is 0 Å². The third-order valence-electron chi connectivity index (χ3n) is 5.36. The molecule has 1 saturated heterocycles. The van der Waals surface area contributed by atoms with E-state index in [0.29, 0.717) is 5.69 Å². The van der Waals surface area contributed by atoms with Gasteiger partial charge in [0.05, 0.1) is 17.7 Å². The second-order valence-corrected chi connectivity index (χ2v) is 8.28. The van der Waals surface area contributed by atoms with Gasteiger partial charge in [-0.2, -0.15) is 4.98 Å². The third kappa shape index (κ3) is 3.80.